The Morgan fingerprint density at radius 3 is 2.73 bits per heavy atom. The number of benzene rings is 1. The standard InChI is InChI=1S/C21H28N2O3/c1-2-3-4-5-7-10-20(26)23-22-16-21(13-8-6-9-14-21)18-12-11-17(24)15-19(18)25/h6,8-9,11-13,15-16,24-25H,2-5,7,10,14H2,1H3,(H,23,26). The highest BCUT2D eigenvalue weighted by atomic mass is 16.3. The van der Waals surface area contributed by atoms with Crippen molar-refractivity contribution in [1.29, 1.82) is 0 Å². The van der Waals surface area contributed by atoms with Gasteiger partial charge in [0.15, 0.2) is 0 Å². The Kier molecular flexibility index (Phi) is 7.45. The first-order valence-electron chi connectivity index (χ1n) is 9.27. The van der Waals surface area contributed by atoms with Crippen LogP contribution >= 0.6 is 0 Å². The van der Waals surface area contributed by atoms with Crippen LogP contribution in [0.5, 0.6) is 11.5 Å². The van der Waals surface area contributed by atoms with Crippen molar-refractivity contribution in [3.63, 3.8) is 0 Å². The number of phenols is 2. The Bertz CT molecular complexity index is 694. The SMILES string of the molecule is CCCCCCCC(=O)NN=CC1(c2ccc(O)cc2O)C=CC=CC1. The zero-order valence-corrected chi connectivity index (χ0v) is 15.3. The van der Waals surface area contributed by atoms with Crippen molar-refractivity contribution < 1.29 is 15.0 Å². The highest BCUT2D eigenvalue weighted by Crippen LogP contribution is 2.38. The Hall–Kier alpha value is -2.56. The average Bonchev–Trinajstić information content (AvgIpc) is 2.62. The molecule has 1 aromatic rings. The molecule has 1 aliphatic carbocycles. The molecule has 0 aromatic heterocycles. The topological polar surface area (TPSA) is 81.9 Å². The minimum Gasteiger partial charge on any atom is -0.508 e. The van der Waals surface area contributed by atoms with E-state index in [1.807, 2.05) is 24.3 Å². The van der Waals surface area contributed by atoms with Gasteiger partial charge in [0.2, 0.25) is 5.91 Å². The molecule has 1 amide bonds. The Morgan fingerprint density at radius 1 is 1.23 bits per heavy atom. The monoisotopic (exact) mass is 356 g/mol. The molecule has 0 aliphatic heterocycles. The largest absolute Gasteiger partial charge is 0.508 e. The van der Waals surface area contributed by atoms with Crippen LogP contribution in [0, 0.1) is 0 Å². The second-order valence-corrected chi connectivity index (χ2v) is 6.69. The highest BCUT2D eigenvalue weighted by molar-refractivity contribution is 5.82. The van der Waals surface area contributed by atoms with Gasteiger partial charge in [-0.1, -0.05) is 63.0 Å². The van der Waals surface area contributed by atoms with E-state index in [9.17, 15) is 15.0 Å². The van der Waals surface area contributed by atoms with Gasteiger partial charge in [-0.2, -0.15) is 5.10 Å². The summed E-state index contributed by atoms with van der Waals surface area (Å²) in [6.45, 7) is 2.16. The van der Waals surface area contributed by atoms with E-state index in [1.54, 1.807) is 12.3 Å². The lowest BCUT2D eigenvalue weighted by Crippen LogP contribution is -2.28. The maximum Gasteiger partial charge on any atom is 0.240 e. The van der Waals surface area contributed by atoms with E-state index in [1.165, 1.54) is 25.0 Å². The number of rotatable bonds is 9. The Morgan fingerprint density at radius 2 is 2.04 bits per heavy atom. The first-order chi connectivity index (χ1) is 12.6. The molecule has 1 unspecified atom stereocenters. The number of nitrogens with one attached hydrogen (secondary N) is 1. The minimum absolute atomic E-state index is 0.00125. The first kappa shape index (κ1) is 19.8. The number of phenolic OH excluding ortho intramolecular Hbond substituents is 2. The molecule has 0 spiro atoms. The van der Waals surface area contributed by atoms with Gasteiger partial charge in [0.25, 0.3) is 0 Å². The van der Waals surface area contributed by atoms with E-state index in [0.717, 1.165) is 19.3 Å². The molecule has 26 heavy (non-hydrogen) atoms. The molecule has 0 bridgehead atoms. The van der Waals surface area contributed by atoms with E-state index >= 15 is 0 Å². The molecular weight excluding hydrogens is 328 g/mol. The quantitative estimate of drug-likeness (QED) is 0.350. The second kappa shape index (κ2) is 9.80. The number of carbonyl (C=O) groups is 1. The molecule has 5 nitrogen and oxygen atoms in total. The van der Waals surface area contributed by atoms with E-state index in [0.29, 0.717) is 18.4 Å². The lowest BCUT2D eigenvalue weighted by molar-refractivity contribution is -0.121. The van der Waals surface area contributed by atoms with Crippen LogP contribution in [-0.2, 0) is 10.2 Å². The van der Waals surface area contributed by atoms with Crippen molar-refractivity contribution in [1.82, 2.24) is 5.43 Å². The van der Waals surface area contributed by atoms with Crippen LogP contribution in [0.1, 0.15) is 57.4 Å². The normalized spacial score (nSPS) is 19.1. The Labute approximate surface area is 155 Å². The summed E-state index contributed by atoms with van der Waals surface area (Å²) in [6, 6.07) is 4.52. The number of nitrogens with zero attached hydrogens (tertiary/aromatic N) is 1. The predicted octanol–water partition coefficient (Wildman–Crippen LogP) is 4.31. The summed E-state index contributed by atoms with van der Waals surface area (Å²) >= 11 is 0. The molecule has 140 valence electrons. The van der Waals surface area contributed by atoms with E-state index in [-0.39, 0.29) is 17.4 Å². The number of hydrogen-bond acceptors (Lipinski definition) is 4. The molecule has 2 rings (SSSR count). The van der Waals surface area contributed by atoms with Crippen molar-refractivity contribution in [2.24, 2.45) is 5.10 Å². The zero-order chi connectivity index (χ0) is 18.8. The number of carbonyl (C=O) groups excluding carboxylic acids is 1. The van der Waals surface area contributed by atoms with Crippen molar-refractivity contribution in [2.45, 2.75) is 57.3 Å². The molecule has 1 aromatic carbocycles. The fraction of sp³-hybridized carbons (Fsp3) is 0.429. The zero-order valence-electron chi connectivity index (χ0n) is 15.3. The highest BCUT2D eigenvalue weighted by Gasteiger charge is 2.30. The average molecular weight is 356 g/mol. The third-order valence-corrected chi connectivity index (χ3v) is 4.57. The Balaban J connectivity index is 2.00. The fourth-order valence-corrected chi connectivity index (χ4v) is 3.08. The molecule has 5 heteroatoms. The molecule has 0 fully saturated rings. The van der Waals surface area contributed by atoms with Crippen LogP contribution in [0.3, 0.4) is 0 Å². The smallest absolute Gasteiger partial charge is 0.240 e. The molecule has 0 heterocycles. The van der Waals surface area contributed by atoms with Gasteiger partial charge in [-0.3, -0.25) is 4.79 Å². The van der Waals surface area contributed by atoms with Crippen LogP contribution in [0.25, 0.3) is 0 Å². The van der Waals surface area contributed by atoms with E-state index < -0.39 is 5.41 Å². The van der Waals surface area contributed by atoms with Gasteiger partial charge >= 0.3 is 0 Å². The van der Waals surface area contributed by atoms with Gasteiger partial charge in [0.05, 0.1) is 5.41 Å². The van der Waals surface area contributed by atoms with E-state index in [4.69, 9.17) is 0 Å². The summed E-state index contributed by atoms with van der Waals surface area (Å²) in [6.07, 6.45) is 15.9. The third kappa shape index (κ3) is 5.48. The van der Waals surface area contributed by atoms with Crippen LogP contribution in [-0.4, -0.2) is 22.3 Å². The third-order valence-electron chi connectivity index (χ3n) is 4.57. The maximum atomic E-state index is 11.9. The molecule has 1 atom stereocenters. The number of hydrazone groups is 1. The van der Waals surface area contributed by atoms with Gasteiger partial charge in [-0.25, -0.2) is 5.43 Å². The first-order valence-corrected chi connectivity index (χ1v) is 9.27. The molecule has 3 N–H and O–H groups in total. The summed E-state index contributed by atoms with van der Waals surface area (Å²) in [5.41, 5.74) is 2.57. The second-order valence-electron chi connectivity index (χ2n) is 6.69. The lowest BCUT2D eigenvalue weighted by Gasteiger charge is -2.28. The number of allylic oxidation sites excluding steroid dienone is 4. The fourth-order valence-electron chi connectivity index (χ4n) is 3.08. The molecule has 0 saturated carbocycles. The maximum absolute atomic E-state index is 11.9. The van der Waals surface area contributed by atoms with Crippen molar-refractivity contribution in [3.8, 4) is 11.5 Å². The van der Waals surface area contributed by atoms with Gasteiger partial charge < -0.3 is 10.2 Å². The van der Waals surface area contributed by atoms with Gasteiger partial charge in [0.1, 0.15) is 11.5 Å². The predicted molar refractivity (Wildman–Crippen MR) is 104 cm³/mol. The molecular formula is C21H28N2O3. The number of aromatic hydroxyl groups is 2. The van der Waals surface area contributed by atoms with Crippen molar-refractivity contribution >= 4 is 12.1 Å². The molecule has 0 saturated heterocycles. The van der Waals surface area contributed by atoms with Crippen LogP contribution < -0.4 is 5.43 Å². The number of unbranched alkanes of at least 4 members (excludes halogenated alkanes) is 4. The van der Waals surface area contributed by atoms with Crippen LogP contribution in [0.2, 0.25) is 0 Å². The summed E-state index contributed by atoms with van der Waals surface area (Å²) < 4.78 is 0. The van der Waals surface area contributed by atoms with Crippen molar-refractivity contribution in [3.05, 3.63) is 48.1 Å². The number of hydrogen-bond donors (Lipinski definition) is 3. The lowest BCUT2D eigenvalue weighted by atomic mass is 9.76. The molecule has 1 aliphatic rings. The van der Waals surface area contributed by atoms with Gasteiger partial charge in [0, 0.05) is 24.3 Å². The number of amides is 1. The van der Waals surface area contributed by atoms with Crippen LogP contribution in [0.15, 0.2) is 47.6 Å². The van der Waals surface area contributed by atoms with E-state index in [2.05, 4.69) is 17.5 Å². The van der Waals surface area contributed by atoms with Gasteiger partial charge in [-0.15, -0.1) is 0 Å². The summed E-state index contributed by atoms with van der Waals surface area (Å²) in [4.78, 5) is 11.9. The molecule has 0 radical (unpaired) electrons. The van der Waals surface area contributed by atoms with Crippen molar-refractivity contribution in [2.75, 3.05) is 0 Å². The minimum atomic E-state index is -0.652. The summed E-state index contributed by atoms with van der Waals surface area (Å²) in [5, 5.41) is 23.9. The summed E-state index contributed by atoms with van der Waals surface area (Å²) in [7, 11) is 0. The van der Waals surface area contributed by atoms with Crippen LogP contribution in [0.4, 0.5) is 0 Å². The van der Waals surface area contributed by atoms with Gasteiger partial charge in [-0.05, 0) is 18.9 Å². The summed E-state index contributed by atoms with van der Waals surface area (Å²) in [5.74, 6) is -0.0955.